The number of hydrogen-bond donors (Lipinski definition) is 1. The lowest BCUT2D eigenvalue weighted by Crippen LogP contribution is -1.90. The summed E-state index contributed by atoms with van der Waals surface area (Å²) in [6, 6.07) is 15.1. The number of fused-ring (bicyclic) bond motifs is 1. The van der Waals surface area contributed by atoms with Crippen molar-refractivity contribution in [2.75, 3.05) is 11.9 Å². The van der Waals surface area contributed by atoms with Gasteiger partial charge in [-0.1, -0.05) is 34.1 Å². The van der Waals surface area contributed by atoms with Crippen LogP contribution in [0.1, 0.15) is 5.56 Å². The van der Waals surface area contributed by atoms with E-state index in [0.29, 0.717) is 0 Å². The number of nitrogens with one attached hydrogen (secondary N) is 1. The van der Waals surface area contributed by atoms with E-state index in [0.717, 1.165) is 17.4 Å². The zero-order valence-corrected chi connectivity index (χ0v) is 10.4. The number of hydrogen-bond acceptors (Lipinski definition) is 1. The Kier molecular flexibility index (Phi) is 2.44. The topological polar surface area (TPSA) is 12.0 Å². The largest absolute Gasteiger partial charge is 0.384 e. The summed E-state index contributed by atoms with van der Waals surface area (Å²) in [5, 5.41) is 3.38. The Labute approximate surface area is 104 Å². The van der Waals surface area contributed by atoms with E-state index in [1.165, 1.54) is 22.4 Å². The highest BCUT2D eigenvalue weighted by atomic mass is 79.9. The predicted octanol–water partition coefficient (Wildman–Crippen LogP) is 4.08. The molecule has 2 aromatic rings. The van der Waals surface area contributed by atoms with Crippen LogP contribution in [0.5, 0.6) is 0 Å². The lowest BCUT2D eigenvalue weighted by molar-refractivity contribution is 1.11. The molecule has 0 spiro atoms. The molecule has 2 heteroatoms. The molecule has 0 aliphatic carbocycles. The second-order valence-corrected chi connectivity index (χ2v) is 4.97. The molecule has 0 amide bonds. The van der Waals surface area contributed by atoms with Crippen LogP contribution in [-0.2, 0) is 6.42 Å². The van der Waals surface area contributed by atoms with Gasteiger partial charge in [-0.15, -0.1) is 0 Å². The SMILES string of the molecule is Brc1cccc(-c2ccc3c(c2)CCN3)c1. The molecule has 0 fully saturated rings. The van der Waals surface area contributed by atoms with Crippen molar-refractivity contribution < 1.29 is 0 Å². The number of anilines is 1. The van der Waals surface area contributed by atoms with Gasteiger partial charge in [-0.2, -0.15) is 0 Å². The number of rotatable bonds is 1. The Morgan fingerprint density at radius 3 is 2.75 bits per heavy atom. The van der Waals surface area contributed by atoms with Crippen molar-refractivity contribution in [2.45, 2.75) is 6.42 Å². The lowest BCUT2D eigenvalue weighted by atomic mass is 10.0. The van der Waals surface area contributed by atoms with Gasteiger partial charge in [0, 0.05) is 16.7 Å². The standard InChI is InChI=1S/C14H12BrN/c15-13-3-1-2-10(9-13)11-4-5-14-12(8-11)6-7-16-14/h1-5,8-9,16H,6-7H2. The summed E-state index contributed by atoms with van der Waals surface area (Å²) in [4.78, 5) is 0. The molecule has 0 radical (unpaired) electrons. The Morgan fingerprint density at radius 2 is 1.88 bits per heavy atom. The average molecular weight is 274 g/mol. The van der Waals surface area contributed by atoms with Crippen LogP contribution >= 0.6 is 15.9 Å². The fraction of sp³-hybridized carbons (Fsp3) is 0.143. The minimum absolute atomic E-state index is 1.07. The normalized spacial score (nSPS) is 13.3. The van der Waals surface area contributed by atoms with E-state index >= 15 is 0 Å². The van der Waals surface area contributed by atoms with Gasteiger partial charge in [0.1, 0.15) is 0 Å². The van der Waals surface area contributed by atoms with E-state index in [1.54, 1.807) is 0 Å². The highest BCUT2D eigenvalue weighted by Gasteiger charge is 2.10. The van der Waals surface area contributed by atoms with Crippen molar-refractivity contribution in [1.29, 1.82) is 0 Å². The molecule has 0 bridgehead atoms. The molecule has 3 rings (SSSR count). The molecular formula is C14H12BrN. The summed E-state index contributed by atoms with van der Waals surface area (Å²) in [5.41, 5.74) is 5.28. The Hall–Kier alpha value is -1.28. The summed E-state index contributed by atoms with van der Waals surface area (Å²) in [7, 11) is 0. The van der Waals surface area contributed by atoms with Crippen LogP contribution in [0.4, 0.5) is 5.69 Å². The molecule has 1 N–H and O–H groups in total. The Bertz CT molecular complexity index is 534. The minimum Gasteiger partial charge on any atom is -0.384 e. The van der Waals surface area contributed by atoms with Crippen molar-refractivity contribution in [1.82, 2.24) is 0 Å². The molecule has 0 saturated carbocycles. The van der Waals surface area contributed by atoms with E-state index in [4.69, 9.17) is 0 Å². The average Bonchev–Trinajstić information content (AvgIpc) is 2.75. The van der Waals surface area contributed by atoms with Gasteiger partial charge in [-0.3, -0.25) is 0 Å². The molecule has 1 nitrogen and oxygen atoms in total. The van der Waals surface area contributed by atoms with Crippen LogP contribution in [-0.4, -0.2) is 6.54 Å². The monoisotopic (exact) mass is 273 g/mol. The van der Waals surface area contributed by atoms with Crippen molar-refractivity contribution in [3.8, 4) is 11.1 Å². The van der Waals surface area contributed by atoms with Gasteiger partial charge in [-0.25, -0.2) is 0 Å². The molecule has 0 unspecified atom stereocenters. The zero-order valence-electron chi connectivity index (χ0n) is 8.83. The van der Waals surface area contributed by atoms with E-state index in [2.05, 4.69) is 63.7 Å². The van der Waals surface area contributed by atoms with Gasteiger partial charge >= 0.3 is 0 Å². The first-order valence-corrected chi connectivity index (χ1v) is 6.25. The van der Waals surface area contributed by atoms with E-state index in [1.807, 2.05) is 0 Å². The molecule has 1 aliphatic heterocycles. The van der Waals surface area contributed by atoms with Gasteiger partial charge in [0.2, 0.25) is 0 Å². The fourth-order valence-corrected chi connectivity index (χ4v) is 2.55. The van der Waals surface area contributed by atoms with Crippen LogP contribution in [0.2, 0.25) is 0 Å². The molecular weight excluding hydrogens is 262 g/mol. The van der Waals surface area contributed by atoms with Crippen molar-refractivity contribution in [3.63, 3.8) is 0 Å². The highest BCUT2D eigenvalue weighted by molar-refractivity contribution is 9.10. The van der Waals surface area contributed by atoms with Crippen molar-refractivity contribution in [2.24, 2.45) is 0 Å². The van der Waals surface area contributed by atoms with E-state index < -0.39 is 0 Å². The summed E-state index contributed by atoms with van der Waals surface area (Å²) in [6.45, 7) is 1.07. The summed E-state index contributed by atoms with van der Waals surface area (Å²) < 4.78 is 1.13. The third-order valence-electron chi connectivity index (χ3n) is 2.97. The van der Waals surface area contributed by atoms with Crippen LogP contribution in [0.15, 0.2) is 46.9 Å². The second-order valence-electron chi connectivity index (χ2n) is 4.06. The third-order valence-corrected chi connectivity index (χ3v) is 3.47. The molecule has 1 heterocycles. The Morgan fingerprint density at radius 1 is 1.00 bits per heavy atom. The lowest BCUT2D eigenvalue weighted by Gasteiger charge is -2.05. The maximum Gasteiger partial charge on any atom is 0.0373 e. The second kappa shape index (κ2) is 3.95. The fourth-order valence-electron chi connectivity index (χ4n) is 2.15. The molecule has 16 heavy (non-hydrogen) atoms. The van der Waals surface area contributed by atoms with Gasteiger partial charge in [-0.05, 0) is 47.4 Å². The number of benzene rings is 2. The molecule has 0 aromatic heterocycles. The molecule has 80 valence electrons. The summed E-state index contributed by atoms with van der Waals surface area (Å²) >= 11 is 3.51. The maximum atomic E-state index is 3.51. The maximum absolute atomic E-state index is 3.51. The van der Waals surface area contributed by atoms with Crippen LogP contribution in [0.25, 0.3) is 11.1 Å². The summed E-state index contributed by atoms with van der Waals surface area (Å²) in [6.07, 6.45) is 1.14. The van der Waals surface area contributed by atoms with E-state index in [9.17, 15) is 0 Å². The van der Waals surface area contributed by atoms with Gasteiger partial charge in [0.15, 0.2) is 0 Å². The number of halogens is 1. The minimum atomic E-state index is 1.07. The predicted molar refractivity (Wildman–Crippen MR) is 71.8 cm³/mol. The van der Waals surface area contributed by atoms with Crippen LogP contribution in [0, 0.1) is 0 Å². The van der Waals surface area contributed by atoms with Crippen LogP contribution < -0.4 is 5.32 Å². The first-order valence-electron chi connectivity index (χ1n) is 5.46. The highest BCUT2D eigenvalue weighted by Crippen LogP contribution is 2.29. The summed E-state index contributed by atoms with van der Waals surface area (Å²) in [5.74, 6) is 0. The van der Waals surface area contributed by atoms with Crippen molar-refractivity contribution >= 4 is 21.6 Å². The molecule has 0 saturated heterocycles. The molecule has 0 atom stereocenters. The van der Waals surface area contributed by atoms with E-state index in [-0.39, 0.29) is 0 Å². The quantitative estimate of drug-likeness (QED) is 0.826. The van der Waals surface area contributed by atoms with Crippen LogP contribution in [0.3, 0.4) is 0 Å². The Balaban J connectivity index is 2.07. The molecule has 1 aliphatic rings. The smallest absolute Gasteiger partial charge is 0.0373 e. The first-order chi connectivity index (χ1) is 7.83. The van der Waals surface area contributed by atoms with Crippen molar-refractivity contribution in [3.05, 3.63) is 52.5 Å². The van der Waals surface area contributed by atoms with Gasteiger partial charge in [0.05, 0.1) is 0 Å². The molecule has 2 aromatic carbocycles. The first kappa shape index (κ1) is 9.91. The van der Waals surface area contributed by atoms with Gasteiger partial charge < -0.3 is 5.32 Å². The zero-order chi connectivity index (χ0) is 11.0. The van der Waals surface area contributed by atoms with Gasteiger partial charge in [0.25, 0.3) is 0 Å². The third kappa shape index (κ3) is 1.74.